The van der Waals surface area contributed by atoms with E-state index in [2.05, 4.69) is 20.5 Å². The van der Waals surface area contributed by atoms with Gasteiger partial charge in [0.1, 0.15) is 11.7 Å². The molecule has 0 aliphatic heterocycles. The molecule has 0 saturated heterocycles. The number of nitrogens with two attached hydrogens (primary N) is 1. The van der Waals surface area contributed by atoms with Crippen LogP contribution in [-0.4, -0.2) is 65.1 Å². The van der Waals surface area contributed by atoms with E-state index in [0.717, 1.165) is 11.1 Å². The third-order valence-corrected chi connectivity index (χ3v) is 7.95. The summed E-state index contributed by atoms with van der Waals surface area (Å²) in [6.07, 6.45) is 6.11. The second kappa shape index (κ2) is 10.5. The van der Waals surface area contributed by atoms with Crippen LogP contribution in [0.2, 0.25) is 0 Å². The van der Waals surface area contributed by atoms with Crippen LogP contribution in [0.5, 0.6) is 5.88 Å². The number of ether oxygens (including phenoxy) is 1. The molecule has 4 aromatic rings. The van der Waals surface area contributed by atoms with Gasteiger partial charge in [0.05, 0.1) is 23.9 Å². The summed E-state index contributed by atoms with van der Waals surface area (Å²) < 4.78 is 36.4. The van der Waals surface area contributed by atoms with Gasteiger partial charge in [0.2, 0.25) is 5.88 Å². The second-order valence-electron chi connectivity index (χ2n) is 11.4. The minimum atomic E-state index is -2.92. The van der Waals surface area contributed by atoms with Crippen molar-refractivity contribution in [2.45, 2.75) is 68.7 Å². The molecule has 11 nitrogen and oxygen atoms in total. The zero-order chi connectivity index (χ0) is 29.6. The normalized spacial score (nSPS) is 21.0. The Labute approximate surface area is 239 Å². The number of primary amides is 1. The minimum Gasteiger partial charge on any atom is -0.474 e. The van der Waals surface area contributed by atoms with Crippen molar-refractivity contribution in [2.75, 3.05) is 0 Å². The van der Waals surface area contributed by atoms with Gasteiger partial charge < -0.3 is 20.9 Å². The lowest BCUT2D eigenvalue weighted by Crippen LogP contribution is -2.54. The first-order valence-electron chi connectivity index (χ1n) is 13.8. The van der Waals surface area contributed by atoms with E-state index < -0.39 is 30.3 Å². The number of aliphatic hydroxyl groups is 1. The molecule has 0 radical (unpaired) electrons. The molecule has 3 aromatic heterocycles. The number of aromatic nitrogens is 5. The van der Waals surface area contributed by atoms with Crippen LogP contribution in [0.3, 0.4) is 0 Å². The van der Waals surface area contributed by atoms with Gasteiger partial charge in [-0.15, -0.1) is 0 Å². The largest absolute Gasteiger partial charge is 0.474 e. The summed E-state index contributed by atoms with van der Waals surface area (Å²) in [6, 6.07) is 8.51. The predicted molar refractivity (Wildman–Crippen MR) is 148 cm³/mol. The maximum absolute atomic E-state index is 13.6. The number of pyridine rings is 1. The Morgan fingerprint density at radius 3 is 2.60 bits per heavy atom. The fourth-order valence-electron chi connectivity index (χ4n) is 5.92. The Balaban J connectivity index is 1.19. The Morgan fingerprint density at radius 2 is 1.93 bits per heavy atom. The summed E-state index contributed by atoms with van der Waals surface area (Å²) in [5.41, 5.74) is 6.42. The van der Waals surface area contributed by atoms with Crippen LogP contribution in [0, 0.1) is 0 Å². The first-order valence-corrected chi connectivity index (χ1v) is 13.8. The highest BCUT2D eigenvalue weighted by Crippen LogP contribution is 2.46. The van der Waals surface area contributed by atoms with Crippen molar-refractivity contribution in [1.82, 2.24) is 29.9 Å². The highest BCUT2D eigenvalue weighted by Gasteiger charge is 2.56. The zero-order valence-electron chi connectivity index (χ0n) is 23.0. The lowest BCUT2D eigenvalue weighted by atomic mass is 9.76. The lowest BCUT2D eigenvalue weighted by Gasteiger charge is -2.43. The van der Waals surface area contributed by atoms with Crippen molar-refractivity contribution in [2.24, 2.45) is 12.8 Å². The Bertz CT molecular complexity index is 1650. The number of nitrogens with zero attached hydrogens (tertiary/aromatic N) is 5. The van der Waals surface area contributed by atoms with Crippen molar-refractivity contribution in [1.29, 1.82) is 0 Å². The Hall–Kier alpha value is -4.39. The number of aryl methyl sites for hydroxylation is 1. The molecule has 6 rings (SSSR count). The maximum atomic E-state index is 13.6. The summed E-state index contributed by atoms with van der Waals surface area (Å²) in [6.45, 7) is -0.161. The lowest BCUT2D eigenvalue weighted by molar-refractivity contribution is -0.210. The molecular weight excluding hydrogens is 548 g/mol. The second-order valence-corrected chi connectivity index (χ2v) is 11.4. The molecule has 2 aliphatic rings. The monoisotopic (exact) mass is 579 g/mol. The van der Waals surface area contributed by atoms with Gasteiger partial charge in [-0.3, -0.25) is 19.0 Å². The topological polar surface area (TPSA) is 150 Å². The van der Waals surface area contributed by atoms with E-state index >= 15 is 0 Å². The van der Waals surface area contributed by atoms with Crippen LogP contribution in [0.15, 0.2) is 48.9 Å². The number of fused-ring (bicyclic) bond motifs is 1. The van der Waals surface area contributed by atoms with Gasteiger partial charge in [0, 0.05) is 49.3 Å². The summed E-state index contributed by atoms with van der Waals surface area (Å²) in [5, 5.41) is 23.1. The van der Waals surface area contributed by atoms with Crippen LogP contribution in [-0.2, 0) is 13.6 Å². The van der Waals surface area contributed by atoms with Crippen molar-refractivity contribution in [3.05, 3.63) is 60.2 Å². The summed E-state index contributed by atoms with van der Waals surface area (Å²) in [5.74, 6) is -3.72. The van der Waals surface area contributed by atoms with Crippen molar-refractivity contribution in [3.8, 4) is 17.0 Å². The van der Waals surface area contributed by atoms with E-state index in [4.69, 9.17) is 10.5 Å². The number of hydrogen-bond acceptors (Lipinski definition) is 7. The quantitative estimate of drug-likeness (QED) is 0.290. The molecule has 13 heteroatoms. The highest BCUT2D eigenvalue weighted by atomic mass is 19.3. The average Bonchev–Trinajstić information content (AvgIpc) is 3.52. The molecule has 42 heavy (non-hydrogen) atoms. The number of carbonyl (C=O) groups is 2. The molecule has 220 valence electrons. The van der Waals surface area contributed by atoms with Crippen molar-refractivity contribution < 1.29 is 28.2 Å². The van der Waals surface area contributed by atoms with Gasteiger partial charge in [-0.1, -0.05) is 6.07 Å². The number of nitrogens with one attached hydrogen (secondary N) is 1. The fourth-order valence-corrected chi connectivity index (χ4v) is 5.92. The summed E-state index contributed by atoms with van der Waals surface area (Å²) in [4.78, 5) is 29.3. The molecular formula is C29H31F2N7O4. The van der Waals surface area contributed by atoms with Gasteiger partial charge >= 0.3 is 0 Å². The van der Waals surface area contributed by atoms with Gasteiger partial charge in [-0.25, -0.2) is 13.8 Å². The van der Waals surface area contributed by atoms with Crippen LogP contribution in [0.25, 0.3) is 22.0 Å². The van der Waals surface area contributed by atoms with Gasteiger partial charge in [-0.05, 0) is 55.5 Å². The molecule has 4 N–H and O–H groups in total. The molecule has 1 aromatic carbocycles. The smallest absolute Gasteiger partial charge is 0.272 e. The summed E-state index contributed by atoms with van der Waals surface area (Å²) in [7, 11) is 1.80. The van der Waals surface area contributed by atoms with Crippen LogP contribution < -0.4 is 15.8 Å². The third-order valence-electron chi connectivity index (χ3n) is 7.95. The number of halogens is 2. The first kappa shape index (κ1) is 27.8. The van der Waals surface area contributed by atoms with E-state index in [-0.39, 0.29) is 41.7 Å². The highest BCUT2D eigenvalue weighted by molar-refractivity contribution is 6.05. The van der Waals surface area contributed by atoms with Crippen molar-refractivity contribution in [3.63, 3.8) is 0 Å². The predicted octanol–water partition coefficient (Wildman–Crippen LogP) is 3.21. The van der Waals surface area contributed by atoms with Crippen LogP contribution >= 0.6 is 0 Å². The molecule has 2 fully saturated rings. The minimum absolute atomic E-state index is 0.138. The summed E-state index contributed by atoms with van der Waals surface area (Å²) >= 11 is 0. The molecule has 0 spiro atoms. The van der Waals surface area contributed by atoms with Gasteiger partial charge in [0.25, 0.3) is 17.7 Å². The number of carbonyl (C=O) groups excluding carboxylic acids is 2. The van der Waals surface area contributed by atoms with E-state index in [1.807, 2.05) is 18.3 Å². The fraction of sp³-hybridized carbons (Fsp3) is 0.414. The van der Waals surface area contributed by atoms with E-state index in [1.165, 1.54) is 10.9 Å². The number of alkyl halides is 2. The number of benzene rings is 1. The standard InChI is InChI=1S/C29H31F2N7O4/c1-37-13-18(12-34-37)17-4-9-21-23(11-17)38(16-28(41)14-29(30,31)15-28)36-24(21)26(40)35-19-5-7-20(8-6-19)42-27-22(25(32)39)3-2-10-33-27/h2-4,9-13,19-20,41H,5-8,14-16H2,1H3,(H2,32,39)(H,35,40). The van der Waals surface area contributed by atoms with Crippen LogP contribution in [0.1, 0.15) is 59.4 Å². The molecule has 2 amide bonds. The van der Waals surface area contributed by atoms with Gasteiger partial charge in [-0.2, -0.15) is 10.2 Å². The Morgan fingerprint density at radius 1 is 1.17 bits per heavy atom. The SMILES string of the molecule is Cn1cc(-c2ccc3c(C(=O)NC4CCC(Oc5ncccc5C(N)=O)CC4)nn(CC4(O)CC(F)(F)C4)c3c2)cn1. The third kappa shape index (κ3) is 5.56. The number of rotatable bonds is 8. The molecule has 2 saturated carbocycles. The van der Waals surface area contributed by atoms with E-state index in [0.29, 0.717) is 36.6 Å². The average molecular weight is 580 g/mol. The number of amides is 2. The van der Waals surface area contributed by atoms with Gasteiger partial charge in [0.15, 0.2) is 5.69 Å². The molecule has 0 atom stereocenters. The molecule has 0 bridgehead atoms. The zero-order valence-corrected chi connectivity index (χ0v) is 23.0. The molecule has 3 heterocycles. The van der Waals surface area contributed by atoms with Crippen molar-refractivity contribution >= 4 is 22.7 Å². The number of hydrogen-bond donors (Lipinski definition) is 3. The molecule has 0 unspecified atom stereocenters. The first-order chi connectivity index (χ1) is 20.0. The van der Waals surface area contributed by atoms with Crippen LogP contribution in [0.4, 0.5) is 8.78 Å². The van der Waals surface area contributed by atoms with E-state index in [1.54, 1.807) is 36.1 Å². The Kier molecular flexibility index (Phi) is 6.92. The van der Waals surface area contributed by atoms with E-state index in [9.17, 15) is 23.5 Å². The molecule has 2 aliphatic carbocycles. The maximum Gasteiger partial charge on any atom is 0.272 e.